The number of rotatable bonds is 8. The van der Waals surface area contributed by atoms with E-state index in [0.717, 1.165) is 64.2 Å². The quantitative estimate of drug-likeness (QED) is 0.337. The molecular formula is C25H26Cl2N4O3S. The second-order valence-electron chi connectivity index (χ2n) is 8.71. The molecule has 0 spiro atoms. The Labute approximate surface area is 217 Å². The van der Waals surface area contributed by atoms with Gasteiger partial charge in [0.25, 0.3) is 0 Å². The van der Waals surface area contributed by atoms with E-state index in [1.807, 2.05) is 37.3 Å². The molecular weight excluding hydrogens is 507 g/mol. The van der Waals surface area contributed by atoms with E-state index in [-0.39, 0.29) is 6.61 Å². The summed E-state index contributed by atoms with van der Waals surface area (Å²) >= 11 is 13.8. The Morgan fingerprint density at radius 3 is 2.66 bits per heavy atom. The molecule has 5 rings (SSSR count). The summed E-state index contributed by atoms with van der Waals surface area (Å²) in [6, 6.07) is 13.2. The van der Waals surface area contributed by atoms with Crippen molar-refractivity contribution in [3.8, 4) is 17.0 Å². The highest BCUT2D eigenvalue weighted by molar-refractivity contribution is 7.18. The van der Waals surface area contributed by atoms with Crippen LogP contribution in [0.25, 0.3) is 21.5 Å². The molecule has 184 valence electrons. The molecule has 35 heavy (non-hydrogen) atoms. The first-order chi connectivity index (χ1) is 16.9. The molecule has 0 amide bonds. The van der Waals surface area contributed by atoms with Crippen LogP contribution in [0.2, 0.25) is 10.0 Å². The predicted molar refractivity (Wildman–Crippen MR) is 140 cm³/mol. The number of thiazole rings is 1. The maximum atomic E-state index is 10.5. The molecule has 3 heterocycles. The van der Waals surface area contributed by atoms with Crippen molar-refractivity contribution in [2.45, 2.75) is 19.6 Å². The summed E-state index contributed by atoms with van der Waals surface area (Å²) in [6.45, 7) is 7.03. The van der Waals surface area contributed by atoms with Gasteiger partial charge >= 0.3 is 0 Å². The number of nitrogens with zero attached hydrogens (tertiary/aromatic N) is 4. The first-order valence-corrected chi connectivity index (χ1v) is 13.0. The molecule has 1 aliphatic rings. The SMILES string of the molecule is Cc1nc2cc(OC[C@@H](O)CN3CCN(Cc4cc(-c5ccc(Cl)c(Cl)c5)no4)CC3)ccc2s1. The van der Waals surface area contributed by atoms with Gasteiger partial charge in [-0.25, -0.2) is 4.98 Å². The number of β-amino-alcohol motifs (C(OH)–C–C–N with tert-alkyl or cyclic N) is 1. The lowest BCUT2D eigenvalue weighted by molar-refractivity contribution is 0.0430. The zero-order valence-electron chi connectivity index (χ0n) is 19.3. The molecule has 2 aromatic carbocycles. The molecule has 1 N–H and O–H groups in total. The van der Waals surface area contributed by atoms with Crippen molar-refractivity contribution >= 4 is 44.8 Å². The highest BCUT2D eigenvalue weighted by atomic mass is 35.5. The highest BCUT2D eigenvalue weighted by Gasteiger charge is 2.21. The van der Waals surface area contributed by atoms with Crippen molar-refractivity contribution in [1.82, 2.24) is 19.9 Å². The Morgan fingerprint density at radius 2 is 1.86 bits per heavy atom. The third-order valence-corrected chi connectivity index (χ3v) is 7.69. The topological polar surface area (TPSA) is 74.9 Å². The number of benzene rings is 2. The van der Waals surface area contributed by atoms with Gasteiger partial charge in [-0.1, -0.05) is 34.4 Å². The molecule has 1 fully saturated rings. The number of hydrogen-bond acceptors (Lipinski definition) is 8. The Balaban J connectivity index is 1.06. The van der Waals surface area contributed by atoms with E-state index in [2.05, 4.69) is 19.9 Å². The maximum Gasteiger partial charge on any atom is 0.151 e. The summed E-state index contributed by atoms with van der Waals surface area (Å²) in [5.41, 5.74) is 2.55. The average Bonchev–Trinajstić information content (AvgIpc) is 3.46. The minimum Gasteiger partial charge on any atom is -0.491 e. The standard InChI is InChI=1S/C25H26Cl2N4O3S/c1-16-28-24-11-19(3-5-25(24)35-16)33-15-18(32)13-30-6-8-31(9-7-30)14-20-12-23(29-34-20)17-2-4-21(26)22(27)10-17/h2-5,10-12,18,32H,6-9,13-15H2,1H3/t18-/m0/s1. The van der Waals surface area contributed by atoms with E-state index in [1.54, 1.807) is 23.5 Å². The highest BCUT2D eigenvalue weighted by Crippen LogP contribution is 2.29. The van der Waals surface area contributed by atoms with Crippen molar-refractivity contribution < 1.29 is 14.4 Å². The lowest BCUT2D eigenvalue weighted by Gasteiger charge is -2.35. The average molecular weight is 533 g/mol. The zero-order valence-corrected chi connectivity index (χ0v) is 21.6. The first kappa shape index (κ1) is 24.5. The smallest absolute Gasteiger partial charge is 0.151 e. The minimum atomic E-state index is -0.558. The lowest BCUT2D eigenvalue weighted by atomic mass is 10.1. The Morgan fingerprint density at radius 1 is 1.06 bits per heavy atom. The van der Waals surface area contributed by atoms with E-state index >= 15 is 0 Å². The van der Waals surface area contributed by atoms with Crippen LogP contribution < -0.4 is 4.74 Å². The summed E-state index contributed by atoms with van der Waals surface area (Å²) < 4.78 is 12.5. The number of hydrogen-bond donors (Lipinski definition) is 1. The fourth-order valence-electron chi connectivity index (χ4n) is 4.18. The van der Waals surface area contributed by atoms with Crippen molar-refractivity contribution in [2.75, 3.05) is 39.3 Å². The van der Waals surface area contributed by atoms with Crippen molar-refractivity contribution in [3.63, 3.8) is 0 Å². The molecule has 0 aliphatic carbocycles. The van der Waals surface area contributed by atoms with Crippen molar-refractivity contribution in [3.05, 3.63) is 63.3 Å². The van der Waals surface area contributed by atoms with Crippen LogP contribution in [0.3, 0.4) is 0 Å². The Hall–Kier alpha value is -2.20. The largest absolute Gasteiger partial charge is 0.491 e. The van der Waals surface area contributed by atoms with E-state index in [0.29, 0.717) is 23.1 Å². The number of aliphatic hydroxyl groups is 1. The van der Waals surface area contributed by atoms with Gasteiger partial charge in [0, 0.05) is 50.4 Å². The van der Waals surface area contributed by atoms with Crippen LogP contribution in [0.5, 0.6) is 5.75 Å². The number of aliphatic hydroxyl groups excluding tert-OH is 1. The summed E-state index contributed by atoms with van der Waals surface area (Å²) in [4.78, 5) is 9.08. The molecule has 0 bridgehead atoms. The Bertz CT molecular complexity index is 1300. The van der Waals surface area contributed by atoms with Gasteiger partial charge in [0.1, 0.15) is 24.2 Å². The molecule has 4 aromatic rings. The molecule has 2 aromatic heterocycles. The third kappa shape index (κ3) is 6.14. The molecule has 0 saturated carbocycles. The van der Waals surface area contributed by atoms with Crippen LogP contribution in [0, 0.1) is 6.92 Å². The predicted octanol–water partition coefficient (Wildman–Crippen LogP) is 5.12. The van der Waals surface area contributed by atoms with Crippen LogP contribution in [0.1, 0.15) is 10.8 Å². The van der Waals surface area contributed by atoms with Crippen LogP contribution in [-0.2, 0) is 6.54 Å². The summed E-state index contributed by atoms with van der Waals surface area (Å²) in [5, 5.41) is 16.7. The van der Waals surface area contributed by atoms with Crippen LogP contribution >= 0.6 is 34.5 Å². The number of ether oxygens (including phenoxy) is 1. The second-order valence-corrected chi connectivity index (χ2v) is 10.8. The second kappa shape index (κ2) is 10.8. The number of halogens is 2. The van der Waals surface area contributed by atoms with Crippen LogP contribution in [-0.4, -0.2) is 70.5 Å². The first-order valence-electron chi connectivity index (χ1n) is 11.5. The monoisotopic (exact) mass is 532 g/mol. The number of fused-ring (bicyclic) bond motifs is 1. The van der Waals surface area contributed by atoms with Crippen LogP contribution in [0.4, 0.5) is 0 Å². The van der Waals surface area contributed by atoms with Gasteiger partial charge in [-0.05, 0) is 31.2 Å². The van der Waals surface area contributed by atoms with Gasteiger partial charge in [0.15, 0.2) is 5.76 Å². The molecule has 7 nitrogen and oxygen atoms in total. The van der Waals surface area contributed by atoms with Gasteiger partial charge in [0.05, 0.1) is 31.8 Å². The number of aryl methyl sites for hydroxylation is 1. The third-order valence-electron chi connectivity index (χ3n) is 6.00. The van der Waals surface area contributed by atoms with Crippen LogP contribution in [0.15, 0.2) is 47.0 Å². The van der Waals surface area contributed by atoms with Crippen molar-refractivity contribution in [1.29, 1.82) is 0 Å². The molecule has 0 radical (unpaired) electrons. The molecule has 1 aliphatic heterocycles. The van der Waals surface area contributed by atoms with Gasteiger partial charge in [-0.3, -0.25) is 9.80 Å². The van der Waals surface area contributed by atoms with E-state index < -0.39 is 6.10 Å². The van der Waals surface area contributed by atoms with Crippen molar-refractivity contribution in [2.24, 2.45) is 0 Å². The molecule has 1 atom stereocenters. The lowest BCUT2D eigenvalue weighted by Crippen LogP contribution is -2.48. The van der Waals surface area contributed by atoms with E-state index in [9.17, 15) is 5.11 Å². The fourth-order valence-corrected chi connectivity index (χ4v) is 5.29. The van der Waals surface area contributed by atoms with Gasteiger partial charge in [-0.15, -0.1) is 11.3 Å². The van der Waals surface area contributed by atoms with Gasteiger partial charge < -0.3 is 14.4 Å². The van der Waals surface area contributed by atoms with E-state index in [1.165, 1.54) is 0 Å². The fraction of sp³-hybridized carbons (Fsp3) is 0.360. The molecule has 1 saturated heterocycles. The maximum absolute atomic E-state index is 10.5. The zero-order chi connectivity index (χ0) is 24.4. The number of piperazine rings is 1. The van der Waals surface area contributed by atoms with Gasteiger partial charge in [-0.2, -0.15) is 0 Å². The number of aromatic nitrogens is 2. The van der Waals surface area contributed by atoms with E-state index in [4.69, 9.17) is 32.5 Å². The normalized spacial score (nSPS) is 16.1. The molecule has 10 heteroatoms. The summed E-state index contributed by atoms with van der Waals surface area (Å²) in [7, 11) is 0. The molecule has 0 unspecified atom stereocenters. The van der Waals surface area contributed by atoms with Gasteiger partial charge in [0.2, 0.25) is 0 Å². The minimum absolute atomic E-state index is 0.254. The Kier molecular flexibility index (Phi) is 7.57. The summed E-state index contributed by atoms with van der Waals surface area (Å²) in [6.07, 6.45) is -0.558. The summed E-state index contributed by atoms with van der Waals surface area (Å²) in [5.74, 6) is 1.54.